The molecule has 0 heterocycles. The number of para-hydroxylation sites is 2. The minimum atomic E-state index is -4.07. The first-order chi connectivity index (χ1) is 11.4. The highest BCUT2D eigenvalue weighted by atomic mass is 32.2. The van der Waals surface area contributed by atoms with Crippen LogP contribution in [-0.2, 0) is 10.0 Å². The Morgan fingerprint density at radius 2 is 1.88 bits per heavy atom. The molecular formula is C16H17NO6S. The van der Waals surface area contributed by atoms with E-state index in [1.54, 1.807) is 31.2 Å². The van der Waals surface area contributed by atoms with E-state index in [-0.39, 0.29) is 21.9 Å². The van der Waals surface area contributed by atoms with E-state index in [2.05, 4.69) is 4.72 Å². The molecule has 0 aliphatic heterocycles. The van der Waals surface area contributed by atoms with E-state index in [1.165, 1.54) is 19.2 Å². The minimum absolute atomic E-state index is 0.0430. The third kappa shape index (κ3) is 3.77. The maximum atomic E-state index is 12.7. The first-order valence-corrected chi connectivity index (χ1v) is 8.53. The van der Waals surface area contributed by atoms with Gasteiger partial charge in [0.1, 0.15) is 16.4 Å². The topological polar surface area (TPSA) is 102 Å². The summed E-state index contributed by atoms with van der Waals surface area (Å²) >= 11 is 0. The Morgan fingerprint density at radius 3 is 2.50 bits per heavy atom. The molecule has 8 heteroatoms. The van der Waals surface area contributed by atoms with Gasteiger partial charge in [-0.3, -0.25) is 4.72 Å². The molecule has 2 rings (SSSR count). The van der Waals surface area contributed by atoms with Crippen molar-refractivity contribution in [3.05, 3.63) is 48.0 Å². The second-order valence-electron chi connectivity index (χ2n) is 4.71. The van der Waals surface area contributed by atoms with E-state index in [1.807, 2.05) is 0 Å². The van der Waals surface area contributed by atoms with Gasteiger partial charge in [0, 0.05) is 0 Å². The van der Waals surface area contributed by atoms with Gasteiger partial charge in [0.25, 0.3) is 10.0 Å². The summed E-state index contributed by atoms with van der Waals surface area (Å²) in [7, 11) is -2.76. The quantitative estimate of drug-likeness (QED) is 0.795. The van der Waals surface area contributed by atoms with Crippen LogP contribution in [0.3, 0.4) is 0 Å². The number of methoxy groups -OCH3 is 1. The molecule has 7 nitrogen and oxygen atoms in total. The van der Waals surface area contributed by atoms with Crippen molar-refractivity contribution in [2.75, 3.05) is 18.4 Å². The number of benzene rings is 2. The number of sulfonamides is 1. The number of ether oxygens (including phenoxy) is 2. The Hall–Kier alpha value is -2.74. The van der Waals surface area contributed by atoms with Crippen LogP contribution >= 0.6 is 0 Å². The molecule has 2 aromatic rings. The van der Waals surface area contributed by atoms with Gasteiger partial charge in [0.15, 0.2) is 0 Å². The van der Waals surface area contributed by atoms with Crippen LogP contribution in [0.1, 0.15) is 17.3 Å². The number of anilines is 1. The summed E-state index contributed by atoms with van der Waals surface area (Å²) in [5.74, 6) is -0.817. The maximum Gasteiger partial charge on any atom is 0.335 e. The predicted octanol–water partition coefficient (Wildman–Crippen LogP) is 2.59. The molecule has 2 N–H and O–H groups in total. The van der Waals surface area contributed by atoms with Crippen molar-refractivity contribution in [1.82, 2.24) is 0 Å². The summed E-state index contributed by atoms with van der Waals surface area (Å²) in [6.07, 6.45) is 0. The van der Waals surface area contributed by atoms with Gasteiger partial charge in [0.2, 0.25) is 0 Å². The number of hydrogen-bond acceptors (Lipinski definition) is 5. The number of aromatic carboxylic acids is 1. The summed E-state index contributed by atoms with van der Waals surface area (Å²) in [5, 5.41) is 9.07. The molecule has 0 aliphatic carbocycles. The van der Waals surface area contributed by atoms with Crippen molar-refractivity contribution in [2.45, 2.75) is 11.8 Å². The fraction of sp³-hybridized carbons (Fsp3) is 0.188. The Balaban J connectivity index is 2.48. The Kier molecular flexibility index (Phi) is 5.30. The van der Waals surface area contributed by atoms with Gasteiger partial charge in [-0.25, -0.2) is 13.2 Å². The highest BCUT2D eigenvalue weighted by molar-refractivity contribution is 7.92. The zero-order chi connectivity index (χ0) is 17.7. The normalized spacial score (nSPS) is 10.9. The van der Waals surface area contributed by atoms with Crippen LogP contribution in [0.4, 0.5) is 5.69 Å². The molecule has 0 aliphatic rings. The van der Waals surface area contributed by atoms with Crippen LogP contribution in [0.2, 0.25) is 0 Å². The molecule has 0 bridgehead atoms. The second-order valence-corrected chi connectivity index (χ2v) is 6.36. The zero-order valence-electron chi connectivity index (χ0n) is 13.1. The molecule has 24 heavy (non-hydrogen) atoms. The van der Waals surface area contributed by atoms with Crippen LogP contribution in [0.25, 0.3) is 0 Å². The minimum Gasteiger partial charge on any atom is -0.495 e. The summed E-state index contributed by atoms with van der Waals surface area (Å²) in [4.78, 5) is 10.8. The highest BCUT2D eigenvalue weighted by Crippen LogP contribution is 2.30. The average molecular weight is 351 g/mol. The summed E-state index contributed by atoms with van der Waals surface area (Å²) in [6.45, 7) is 2.15. The second kappa shape index (κ2) is 7.22. The molecule has 0 fully saturated rings. The smallest absolute Gasteiger partial charge is 0.335 e. The van der Waals surface area contributed by atoms with E-state index in [0.717, 1.165) is 6.07 Å². The monoisotopic (exact) mass is 351 g/mol. The first-order valence-electron chi connectivity index (χ1n) is 7.05. The van der Waals surface area contributed by atoms with Crippen molar-refractivity contribution in [3.8, 4) is 11.5 Å². The van der Waals surface area contributed by atoms with Crippen LogP contribution in [0, 0.1) is 0 Å². The zero-order valence-corrected chi connectivity index (χ0v) is 14.0. The van der Waals surface area contributed by atoms with Gasteiger partial charge in [0.05, 0.1) is 25.0 Å². The first kappa shape index (κ1) is 17.6. The van der Waals surface area contributed by atoms with Gasteiger partial charge < -0.3 is 14.6 Å². The number of rotatable bonds is 7. The Morgan fingerprint density at radius 1 is 1.17 bits per heavy atom. The molecule has 0 atom stereocenters. The lowest BCUT2D eigenvalue weighted by Gasteiger charge is -2.14. The van der Waals surface area contributed by atoms with Crippen LogP contribution in [0.5, 0.6) is 11.5 Å². The average Bonchev–Trinajstić information content (AvgIpc) is 2.56. The summed E-state index contributed by atoms with van der Waals surface area (Å²) < 4.78 is 38.2. The maximum absolute atomic E-state index is 12.7. The number of carbonyl (C=O) groups is 1. The SMILES string of the molecule is CCOc1ccccc1NS(=O)(=O)c1cc(C(=O)O)ccc1OC. The van der Waals surface area contributed by atoms with Gasteiger partial charge in [-0.1, -0.05) is 12.1 Å². The molecule has 2 aromatic carbocycles. The summed E-state index contributed by atoms with van der Waals surface area (Å²) in [6, 6.07) is 10.2. The molecular weight excluding hydrogens is 334 g/mol. The largest absolute Gasteiger partial charge is 0.495 e. The van der Waals surface area contributed by atoms with Crippen LogP contribution in [0.15, 0.2) is 47.4 Å². The standard InChI is InChI=1S/C16H17NO6S/c1-3-23-13-7-5-4-6-12(13)17-24(20,21)15-10-11(16(18)19)8-9-14(15)22-2/h4-10,17H,3H2,1-2H3,(H,18,19). The number of carboxylic acid groups (broad SMARTS) is 1. The van der Waals surface area contributed by atoms with Crippen LogP contribution in [-0.4, -0.2) is 33.2 Å². The third-order valence-corrected chi connectivity index (χ3v) is 4.52. The number of carboxylic acids is 1. The Bertz CT molecular complexity index is 847. The molecule has 0 saturated carbocycles. The molecule has 0 aromatic heterocycles. The van der Waals surface area contributed by atoms with Crippen LogP contribution < -0.4 is 14.2 Å². The summed E-state index contributed by atoms with van der Waals surface area (Å²) in [5.41, 5.74) is 0.0939. The highest BCUT2D eigenvalue weighted by Gasteiger charge is 2.23. The lowest BCUT2D eigenvalue weighted by Crippen LogP contribution is -2.15. The van der Waals surface area contributed by atoms with E-state index < -0.39 is 16.0 Å². The molecule has 0 saturated heterocycles. The van der Waals surface area contributed by atoms with Crippen molar-refractivity contribution in [1.29, 1.82) is 0 Å². The fourth-order valence-electron chi connectivity index (χ4n) is 2.05. The van der Waals surface area contributed by atoms with Crippen molar-refractivity contribution in [2.24, 2.45) is 0 Å². The van der Waals surface area contributed by atoms with Gasteiger partial charge in [-0.05, 0) is 37.3 Å². The van der Waals surface area contributed by atoms with E-state index >= 15 is 0 Å². The van der Waals surface area contributed by atoms with E-state index in [9.17, 15) is 13.2 Å². The molecule has 0 unspecified atom stereocenters. The molecule has 0 radical (unpaired) electrons. The molecule has 0 amide bonds. The predicted molar refractivity (Wildman–Crippen MR) is 88.4 cm³/mol. The van der Waals surface area contributed by atoms with Crippen molar-refractivity contribution in [3.63, 3.8) is 0 Å². The third-order valence-electron chi connectivity index (χ3n) is 3.13. The van der Waals surface area contributed by atoms with Crippen molar-refractivity contribution >= 4 is 21.7 Å². The lowest BCUT2D eigenvalue weighted by atomic mass is 10.2. The van der Waals surface area contributed by atoms with Gasteiger partial charge in [-0.2, -0.15) is 0 Å². The number of nitrogens with one attached hydrogen (secondary N) is 1. The van der Waals surface area contributed by atoms with Gasteiger partial charge in [-0.15, -0.1) is 0 Å². The molecule has 128 valence electrons. The fourth-order valence-corrected chi connectivity index (χ4v) is 3.32. The number of hydrogen-bond donors (Lipinski definition) is 2. The molecule has 0 spiro atoms. The van der Waals surface area contributed by atoms with Crippen molar-refractivity contribution < 1.29 is 27.8 Å². The van der Waals surface area contributed by atoms with Gasteiger partial charge >= 0.3 is 5.97 Å². The Labute approximate surface area is 139 Å². The van der Waals surface area contributed by atoms with E-state index in [0.29, 0.717) is 12.4 Å². The lowest BCUT2D eigenvalue weighted by molar-refractivity contribution is 0.0696. The van der Waals surface area contributed by atoms with E-state index in [4.69, 9.17) is 14.6 Å².